The number of hydrogen-bond acceptors (Lipinski definition) is 3. The van der Waals surface area contributed by atoms with Gasteiger partial charge in [0.05, 0.1) is 11.4 Å². The van der Waals surface area contributed by atoms with E-state index in [9.17, 15) is 14.0 Å². The highest BCUT2D eigenvalue weighted by Gasteiger charge is 2.22. The van der Waals surface area contributed by atoms with Crippen molar-refractivity contribution >= 4 is 23.7 Å². The molecule has 2 amide bonds. The molecule has 2 aromatic carbocycles. The lowest BCUT2D eigenvalue weighted by Gasteiger charge is -2.18. The van der Waals surface area contributed by atoms with Gasteiger partial charge in [0.2, 0.25) is 11.8 Å². The minimum absolute atomic E-state index is 0.103. The van der Waals surface area contributed by atoms with E-state index < -0.39 is 0 Å². The van der Waals surface area contributed by atoms with E-state index in [0.29, 0.717) is 18.1 Å². The second kappa shape index (κ2) is 10.3. The number of hydrogen-bond donors (Lipinski definition) is 1. The largest absolute Gasteiger partial charge is 0.330 e. The number of aromatic nitrogens is 2. The summed E-state index contributed by atoms with van der Waals surface area (Å²) in [6.07, 6.45) is 3.19. The minimum Gasteiger partial charge on any atom is -0.330 e. The van der Waals surface area contributed by atoms with Crippen LogP contribution in [0, 0.1) is 5.82 Å². The van der Waals surface area contributed by atoms with Crippen molar-refractivity contribution in [3.63, 3.8) is 0 Å². The molecule has 0 unspecified atom stereocenters. The highest BCUT2D eigenvalue weighted by molar-refractivity contribution is 5.97. The number of anilines is 1. The second-order valence-corrected chi connectivity index (χ2v) is 8.70. The van der Waals surface area contributed by atoms with Gasteiger partial charge in [-0.3, -0.25) is 9.59 Å². The average molecular weight is 449 g/mol. The third-order valence-corrected chi connectivity index (χ3v) is 5.06. The van der Waals surface area contributed by atoms with Crippen LogP contribution in [0.15, 0.2) is 66.7 Å². The lowest BCUT2D eigenvalue weighted by Crippen LogP contribution is -2.37. The van der Waals surface area contributed by atoms with Gasteiger partial charge in [-0.2, -0.15) is 5.10 Å². The van der Waals surface area contributed by atoms with Crippen LogP contribution in [0.5, 0.6) is 0 Å². The summed E-state index contributed by atoms with van der Waals surface area (Å²) >= 11 is 0. The number of nitrogens with zero attached hydrogens (tertiary/aromatic N) is 3. The molecule has 3 rings (SSSR count). The molecule has 1 N–H and O–H groups in total. The lowest BCUT2D eigenvalue weighted by molar-refractivity contribution is -0.130. The van der Waals surface area contributed by atoms with Gasteiger partial charge in [0, 0.05) is 24.1 Å². The van der Waals surface area contributed by atoms with E-state index in [1.807, 2.05) is 58.0 Å². The molecule has 0 aliphatic heterocycles. The quantitative estimate of drug-likeness (QED) is 0.528. The number of rotatable bonds is 7. The Hall–Kier alpha value is -3.74. The molecule has 0 aliphatic carbocycles. The molecule has 7 heteroatoms. The monoisotopic (exact) mass is 448 g/mol. The Morgan fingerprint density at radius 3 is 2.36 bits per heavy atom. The number of benzene rings is 2. The number of halogens is 1. The molecule has 0 fully saturated rings. The molecular formula is C26H29FN4O2. The number of amides is 2. The normalized spacial score (nSPS) is 11.5. The average Bonchev–Trinajstić information content (AvgIpc) is 3.21. The van der Waals surface area contributed by atoms with Crippen LogP contribution in [0.25, 0.3) is 11.8 Å². The highest BCUT2D eigenvalue weighted by Crippen LogP contribution is 2.26. The zero-order chi connectivity index (χ0) is 24.0. The maximum atomic E-state index is 13.4. The standard InChI is InChI=1S/C26H29FN4O2/c1-5-30(25(33)16-11-19-9-7-6-8-10-19)18-24(32)28-23-17-22(26(2,3)4)29-31(23)21-14-12-20(27)13-15-21/h6-17H,5,18H2,1-4H3,(H,28,32). The molecule has 0 saturated heterocycles. The molecule has 6 nitrogen and oxygen atoms in total. The summed E-state index contributed by atoms with van der Waals surface area (Å²) in [5, 5.41) is 7.48. The number of carbonyl (C=O) groups is 2. The minimum atomic E-state index is -0.354. The van der Waals surface area contributed by atoms with Gasteiger partial charge in [-0.25, -0.2) is 9.07 Å². The Bertz CT molecular complexity index is 1130. The van der Waals surface area contributed by atoms with E-state index >= 15 is 0 Å². The van der Waals surface area contributed by atoms with Crippen LogP contribution in [-0.4, -0.2) is 39.6 Å². The van der Waals surface area contributed by atoms with Gasteiger partial charge in [-0.1, -0.05) is 51.1 Å². The third-order valence-electron chi connectivity index (χ3n) is 5.06. The molecule has 0 bridgehead atoms. The Balaban J connectivity index is 1.76. The zero-order valence-electron chi connectivity index (χ0n) is 19.4. The number of nitrogens with one attached hydrogen (secondary N) is 1. The van der Waals surface area contributed by atoms with Crippen molar-refractivity contribution in [3.8, 4) is 5.69 Å². The first-order valence-corrected chi connectivity index (χ1v) is 10.9. The molecule has 1 aromatic heterocycles. The van der Waals surface area contributed by atoms with Crippen LogP contribution in [0.2, 0.25) is 0 Å². The molecule has 172 valence electrons. The maximum absolute atomic E-state index is 13.4. The Morgan fingerprint density at radius 1 is 1.09 bits per heavy atom. The van der Waals surface area contributed by atoms with Crippen molar-refractivity contribution in [2.75, 3.05) is 18.4 Å². The summed E-state index contributed by atoms with van der Waals surface area (Å²) in [6.45, 7) is 8.16. The fourth-order valence-electron chi connectivity index (χ4n) is 3.15. The van der Waals surface area contributed by atoms with Gasteiger partial charge >= 0.3 is 0 Å². The first-order chi connectivity index (χ1) is 15.7. The lowest BCUT2D eigenvalue weighted by atomic mass is 9.92. The number of carbonyl (C=O) groups excluding carboxylic acids is 2. The van der Waals surface area contributed by atoms with Crippen molar-refractivity contribution in [1.82, 2.24) is 14.7 Å². The van der Waals surface area contributed by atoms with Crippen LogP contribution in [0.3, 0.4) is 0 Å². The van der Waals surface area contributed by atoms with Gasteiger partial charge in [0.25, 0.3) is 0 Å². The first kappa shape index (κ1) is 23.9. The molecule has 0 saturated carbocycles. The SMILES string of the molecule is CCN(CC(=O)Nc1cc(C(C)(C)C)nn1-c1ccc(F)cc1)C(=O)C=Cc1ccccc1. The fourth-order valence-corrected chi connectivity index (χ4v) is 3.15. The highest BCUT2D eigenvalue weighted by atomic mass is 19.1. The molecule has 0 aliphatic rings. The maximum Gasteiger partial charge on any atom is 0.247 e. The third kappa shape index (κ3) is 6.38. The van der Waals surface area contributed by atoms with Gasteiger partial charge in [0.1, 0.15) is 18.2 Å². The molecule has 3 aromatic rings. The van der Waals surface area contributed by atoms with Crippen molar-refractivity contribution in [1.29, 1.82) is 0 Å². The van der Waals surface area contributed by atoms with Crippen LogP contribution >= 0.6 is 0 Å². The van der Waals surface area contributed by atoms with E-state index in [1.165, 1.54) is 23.1 Å². The van der Waals surface area contributed by atoms with E-state index in [2.05, 4.69) is 10.4 Å². The summed E-state index contributed by atoms with van der Waals surface area (Å²) in [5.74, 6) is -0.492. The van der Waals surface area contributed by atoms with Gasteiger partial charge in [-0.15, -0.1) is 0 Å². The molecule has 0 atom stereocenters. The predicted octanol–water partition coefficient (Wildman–Crippen LogP) is 4.81. The number of likely N-dealkylation sites (N-methyl/N-ethyl adjacent to an activating group) is 1. The van der Waals surface area contributed by atoms with Crippen molar-refractivity contribution in [3.05, 3.63) is 83.8 Å². The molecule has 1 heterocycles. The zero-order valence-corrected chi connectivity index (χ0v) is 19.4. The summed E-state index contributed by atoms with van der Waals surface area (Å²) in [5.41, 5.74) is 2.05. The smallest absolute Gasteiger partial charge is 0.247 e. The Labute approximate surface area is 193 Å². The van der Waals surface area contributed by atoms with Gasteiger partial charge in [0.15, 0.2) is 0 Å². The molecular weight excluding hydrogens is 419 g/mol. The van der Waals surface area contributed by atoms with E-state index in [4.69, 9.17) is 0 Å². The predicted molar refractivity (Wildman–Crippen MR) is 129 cm³/mol. The van der Waals surface area contributed by atoms with Crippen molar-refractivity contribution < 1.29 is 14.0 Å². The van der Waals surface area contributed by atoms with Gasteiger partial charge in [-0.05, 0) is 42.8 Å². The van der Waals surface area contributed by atoms with Gasteiger partial charge < -0.3 is 10.2 Å². The second-order valence-electron chi connectivity index (χ2n) is 8.70. The Kier molecular flexibility index (Phi) is 7.43. The van der Waals surface area contributed by atoms with E-state index in [-0.39, 0.29) is 29.6 Å². The molecule has 0 radical (unpaired) electrons. The van der Waals surface area contributed by atoms with E-state index in [0.717, 1.165) is 11.3 Å². The van der Waals surface area contributed by atoms with Crippen LogP contribution < -0.4 is 5.32 Å². The Morgan fingerprint density at radius 2 is 1.76 bits per heavy atom. The molecule has 0 spiro atoms. The van der Waals surface area contributed by atoms with Crippen LogP contribution in [-0.2, 0) is 15.0 Å². The molecule has 33 heavy (non-hydrogen) atoms. The summed E-state index contributed by atoms with van der Waals surface area (Å²) < 4.78 is 15.0. The summed E-state index contributed by atoms with van der Waals surface area (Å²) in [6, 6.07) is 17.2. The first-order valence-electron chi connectivity index (χ1n) is 10.9. The fraction of sp³-hybridized carbons (Fsp3) is 0.269. The summed E-state index contributed by atoms with van der Waals surface area (Å²) in [7, 11) is 0. The summed E-state index contributed by atoms with van der Waals surface area (Å²) in [4.78, 5) is 26.9. The van der Waals surface area contributed by atoms with E-state index in [1.54, 1.807) is 29.0 Å². The van der Waals surface area contributed by atoms with Crippen molar-refractivity contribution in [2.24, 2.45) is 0 Å². The van der Waals surface area contributed by atoms with Crippen molar-refractivity contribution in [2.45, 2.75) is 33.1 Å². The topological polar surface area (TPSA) is 67.2 Å². The van der Waals surface area contributed by atoms with Crippen LogP contribution in [0.4, 0.5) is 10.2 Å². The van der Waals surface area contributed by atoms with Crippen LogP contribution in [0.1, 0.15) is 39.0 Å².